The molecule has 23 heavy (non-hydrogen) atoms. The molecular weight excluding hydrogens is 351 g/mol. The highest BCUT2D eigenvalue weighted by Gasteiger charge is 2.10. The monoisotopic (exact) mass is 362 g/mol. The number of hydrogen-bond acceptors (Lipinski definition) is 2. The van der Waals surface area contributed by atoms with E-state index in [1.54, 1.807) is 30.3 Å². The van der Waals surface area contributed by atoms with E-state index in [0.29, 0.717) is 27.0 Å². The van der Waals surface area contributed by atoms with Crippen molar-refractivity contribution in [1.82, 2.24) is 4.57 Å². The van der Waals surface area contributed by atoms with E-state index in [-0.39, 0.29) is 5.91 Å². The first-order valence-electron chi connectivity index (χ1n) is 6.83. The molecule has 0 radical (unpaired) electrons. The molecule has 1 amide bonds. The van der Waals surface area contributed by atoms with Gasteiger partial charge in [-0.3, -0.25) is 4.79 Å². The fourth-order valence-corrected chi connectivity index (χ4v) is 3.74. The molecule has 0 N–H and O–H groups in total. The molecule has 0 aliphatic rings. The van der Waals surface area contributed by atoms with Crippen LogP contribution in [0.3, 0.4) is 0 Å². The first-order chi connectivity index (χ1) is 11.1. The Morgan fingerprint density at radius 2 is 1.96 bits per heavy atom. The number of rotatable bonds is 3. The quantitative estimate of drug-likeness (QED) is 0.607. The minimum absolute atomic E-state index is 0.317. The number of benzene rings is 2. The normalized spacial score (nSPS) is 11.8. The van der Waals surface area contributed by atoms with Gasteiger partial charge in [0.1, 0.15) is 0 Å². The minimum Gasteiger partial charge on any atom is -0.311 e. The van der Waals surface area contributed by atoms with Crippen LogP contribution in [0.1, 0.15) is 10.4 Å². The Labute approximate surface area is 147 Å². The second kappa shape index (κ2) is 6.71. The summed E-state index contributed by atoms with van der Waals surface area (Å²) in [6, 6.07) is 12.3. The molecular formula is C17H12Cl2N2OS. The fourth-order valence-electron chi connectivity index (χ4n) is 2.21. The molecule has 0 aliphatic heterocycles. The third-order valence-electron chi connectivity index (χ3n) is 3.25. The Morgan fingerprint density at radius 3 is 2.65 bits per heavy atom. The van der Waals surface area contributed by atoms with E-state index >= 15 is 0 Å². The molecule has 116 valence electrons. The molecule has 0 fully saturated rings. The molecule has 0 bridgehead atoms. The number of fused-ring (bicyclic) bond motifs is 1. The van der Waals surface area contributed by atoms with Crippen molar-refractivity contribution in [2.75, 3.05) is 0 Å². The summed E-state index contributed by atoms with van der Waals surface area (Å²) in [7, 11) is 0. The van der Waals surface area contributed by atoms with Crippen molar-refractivity contribution in [2.24, 2.45) is 4.99 Å². The Bertz CT molecular complexity index is 955. The van der Waals surface area contributed by atoms with Crippen molar-refractivity contribution in [3.8, 4) is 0 Å². The van der Waals surface area contributed by atoms with Gasteiger partial charge in [-0.25, -0.2) is 0 Å². The lowest BCUT2D eigenvalue weighted by molar-refractivity contribution is 0.0998. The number of thiazole rings is 1. The van der Waals surface area contributed by atoms with Crippen LogP contribution in [0.15, 0.2) is 60.1 Å². The van der Waals surface area contributed by atoms with Gasteiger partial charge in [-0.15, -0.1) is 6.58 Å². The second-order valence-corrected chi connectivity index (χ2v) is 6.65. The van der Waals surface area contributed by atoms with E-state index in [2.05, 4.69) is 11.6 Å². The van der Waals surface area contributed by atoms with Crippen molar-refractivity contribution in [1.29, 1.82) is 0 Å². The van der Waals surface area contributed by atoms with Crippen LogP contribution < -0.4 is 4.80 Å². The first kappa shape index (κ1) is 16.0. The molecule has 3 nitrogen and oxygen atoms in total. The molecule has 3 rings (SSSR count). The van der Waals surface area contributed by atoms with E-state index in [4.69, 9.17) is 23.2 Å². The highest BCUT2D eigenvalue weighted by Crippen LogP contribution is 2.25. The van der Waals surface area contributed by atoms with Gasteiger partial charge in [0, 0.05) is 17.1 Å². The number of carbonyl (C=O) groups is 1. The maximum absolute atomic E-state index is 12.4. The smallest absolute Gasteiger partial charge is 0.279 e. The number of hydrogen-bond donors (Lipinski definition) is 0. The van der Waals surface area contributed by atoms with E-state index in [9.17, 15) is 4.79 Å². The summed E-state index contributed by atoms with van der Waals surface area (Å²) in [5.41, 5.74) is 1.35. The summed E-state index contributed by atoms with van der Waals surface area (Å²) in [6.07, 6.45) is 1.75. The third kappa shape index (κ3) is 3.24. The molecule has 6 heteroatoms. The number of carbonyl (C=O) groups excluding carboxylic acids is 1. The largest absolute Gasteiger partial charge is 0.311 e. The average Bonchev–Trinajstić information content (AvgIpc) is 2.87. The van der Waals surface area contributed by atoms with Gasteiger partial charge < -0.3 is 4.57 Å². The number of nitrogens with zero attached hydrogens (tertiary/aromatic N) is 2. The summed E-state index contributed by atoms with van der Waals surface area (Å²) < 4.78 is 2.87. The summed E-state index contributed by atoms with van der Waals surface area (Å²) in [6.45, 7) is 4.28. The molecule has 3 aromatic rings. The van der Waals surface area contributed by atoms with E-state index in [0.717, 1.165) is 10.2 Å². The second-order valence-electron chi connectivity index (χ2n) is 4.79. The topological polar surface area (TPSA) is 34.4 Å². The van der Waals surface area contributed by atoms with Gasteiger partial charge in [-0.2, -0.15) is 4.99 Å². The summed E-state index contributed by atoms with van der Waals surface area (Å²) >= 11 is 13.6. The maximum Gasteiger partial charge on any atom is 0.279 e. The molecule has 1 heterocycles. The zero-order chi connectivity index (χ0) is 16.4. The number of aromatic nitrogens is 1. The van der Waals surface area contributed by atoms with Crippen LogP contribution >= 0.6 is 34.5 Å². The van der Waals surface area contributed by atoms with E-state index in [1.165, 1.54) is 11.3 Å². The van der Waals surface area contributed by atoms with Crippen LogP contribution in [-0.4, -0.2) is 10.5 Å². The van der Waals surface area contributed by atoms with Gasteiger partial charge in [-0.1, -0.05) is 46.7 Å². The van der Waals surface area contributed by atoms with Crippen molar-refractivity contribution in [3.05, 3.63) is 75.5 Å². The van der Waals surface area contributed by atoms with Crippen molar-refractivity contribution in [3.63, 3.8) is 0 Å². The zero-order valence-electron chi connectivity index (χ0n) is 12.0. The molecule has 2 aromatic carbocycles. The predicted octanol–water partition coefficient (Wildman–Crippen LogP) is 4.94. The van der Waals surface area contributed by atoms with Crippen LogP contribution in [0.4, 0.5) is 0 Å². The number of amides is 1. The lowest BCUT2D eigenvalue weighted by atomic mass is 10.2. The standard InChI is InChI=1S/C17H12Cl2N2OS/c1-2-10-21-15-13(19)4-3-5-14(15)23-17(21)20-16(22)11-6-8-12(18)9-7-11/h2-9H,1,10H2. The summed E-state index contributed by atoms with van der Waals surface area (Å²) in [5, 5.41) is 1.21. The van der Waals surface area contributed by atoms with Crippen molar-refractivity contribution in [2.45, 2.75) is 6.54 Å². The third-order valence-corrected chi connectivity index (χ3v) is 4.85. The van der Waals surface area contributed by atoms with Gasteiger partial charge in [0.15, 0.2) is 4.80 Å². The van der Waals surface area contributed by atoms with E-state index in [1.807, 2.05) is 22.8 Å². The Balaban J connectivity index is 2.16. The number of allylic oxidation sites excluding steroid dienone is 1. The highest BCUT2D eigenvalue weighted by atomic mass is 35.5. The molecule has 0 aliphatic carbocycles. The van der Waals surface area contributed by atoms with Crippen molar-refractivity contribution < 1.29 is 4.79 Å². The highest BCUT2D eigenvalue weighted by molar-refractivity contribution is 7.16. The predicted molar refractivity (Wildman–Crippen MR) is 96.4 cm³/mol. The van der Waals surface area contributed by atoms with E-state index < -0.39 is 0 Å². The summed E-state index contributed by atoms with van der Waals surface area (Å²) in [5.74, 6) is -0.317. The molecule has 0 saturated carbocycles. The van der Waals surface area contributed by atoms with Crippen LogP contribution in [0, 0.1) is 0 Å². The first-order valence-corrected chi connectivity index (χ1v) is 8.41. The van der Waals surface area contributed by atoms with Gasteiger partial charge >= 0.3 is 0 Å². The van der Waals surface area contributed by atoms with Crippen LogP contribution in [-0.2, 0) is 6.54 Å². The van der Waals surface area contributed by atoms with Gasteiger partial charge in [0.2, 0.25) is 0 Å². The lowest BCUT2D eigenvalue weighted by Gasteiger charge is -2.02. The number of para-hydroxylation sites is 1. The molecule has 0 saturated heterocycles. The maximum atomic E-state index is 12.4. The Morgan fingerprint density at radius 1 is 1.22 bits per heavy atom. The molecule has 0 atom stereocenters. The SMILES string of the molecule is C=CCn1c(=NC(=O)c2ccc(Cl)cc2)sc2cccc(Cl)c21. The molecule has 0 unspecified atom stereocenters. The minimum atomic E-state index is -0.317. The van der Waals surface area contributed by atoms with Crippen LogP contribution in [0.2, 0.25) is 10.0 Å². The number of halogens is 2. The molecule has 1 aromatic heterocycles. The van der Waals surface area contributed by atoms with Gasteiger partial charge in [0.05, 0.1) is 15.2 Å². The Kier molecular flexibility index (Phi) is 4.66. The fraction of sp³-hybridized carbons (Fsp3) is 0.0588. The molecule has 0 spiro atoms. The lowest BCUT2D eigenvalue weighted by Crippen LogP contribution is -2.16. The van der Waals surface area contributed by atoms with Crippen LogP contribution in [0.5, 0.6) is 0 Å². The van der Waals surface area contributed by atoms with Crippen molar-refractivity contribution >= 4 is 50.7 Å². The van der Waals surface area contributed by atoms with Crippen LogP contribution in [0.25, 0.3) is 10.2 Å². The summed E-state index contributed by atoms with van der Waals surface area (Å²) in [4.78, 5) is 17.2. The van der Waals surface area contributed by atoms with Gasteiger partial charge in [-0.05, 0) is 36.4 Å². The average molecular weight is 363 g/mol. The van der Waals surface area contributed by atoms with Gasteiger partial charge in [0.25, 0.3) is 5.91 Å². The zero-order valence-corrected chi connectivity index (χ0v) is 14.3. The Hall–Kier alpha value is -1.88.